The Kier molecular flexibility index (Phi) is 4.29. The highest BCUT2D eigenvalue weighted by Gasteiger charge is 2.32. The maximum atomic E-state index is 14.0. The monoisotopic (exact) mass is 273 g/mol. The van der Waals surface area contributed by atoms with Crippen molar-refractivity contribution < 1.29 is 4.39 Å². The van der Waals surface area contributed by atoms with Crippen LogP contribution in [0.2, 0.25) is 0 Å². The van der Waals surface area contributed by atoms with Crippen molar-refractivity contribution in [1.29, 1.82) is 0 Å². The lowest BCUT2D eigenvalue weighted by Crippen LogP contribution is -2.37. The Hall–Kier alpha value is -0.410. The van der Waals surface area contributed by atoms with Crippen LogP contribution in [-0.2, 0) is 0 Å². The minimum atomic E-state index is -1.45. The maximum absolute atomic E-state index is 14.0. The van der Waals surface area contributed by atoms with Crippen molar-refractivity contribution in [2.75, 3.05) is 0 Å². The van der Waals surface area contributed by atoms with E-state index < -0.39 is 4.58 Å². The van der Waals surface area contributed by atoms with Crippen molar-refractivity contribution in [2.45, 2.75) is 37.4 Å². The molecule has 0 aliphatic heterocycles. The van der Waals surface area contributed by atoms with Crippen molar-refractivity contribution in [3.8, 4) is 0 Å². The molecule has 3 heteroatoms. The molecule has 84 valence electrons. The first kappa shape index (κ1) is 12.7. The number of alkyl halides is 2. The lowest BCUT2D eigenvalue weighted by molar-refractivity contribution is 0.232. The van der Waals surface area contributed by atoms with Gasteiger partial charge in [0.25, 0.3) is 0 Å². The Bertz CT molecular complexity index is 292. The molecule has 0 bridgehead atoms. The molecule has 2 atom stereocenters. The fraction of sp³-hybridized carbons (Fsp3) is 0.500. The highest BCUT2D eigenvalue weighted by Crippen LogP contribution is 2.35. The van der Waals surface area contributed by atoms with Gasteiger partial charge in [-0.25, -0.2) is 4.39 Å². The highest BCUT2D eigenvalue weighted by molar-refractivity contribution is 9.10. The first-order chi connectivity index (χ1) is 6.91. The summed E-state index contributed by atoms with van der Waals surface area (Å²) in [5, 5.41) is 3.21. The number of nitrogens with one attached hydrogen (secondary N) is 1. The normalized spacial score (nSPS) is 17.5. The molecule has 0 amide bonds. The average molecular weight is 274 g/mol. The molecule has 0 spiro atoms. The first-order valence-electron chi connectivity index (χ1n) is 5.10. The minimum absolute atomic E-state index is 0.239. The summed E-state index contributed by atoms with van der Waals surface area (Å²) in [6.45, 7) is 5.55. The maximum Gasteiger partial charge on any atom is 0.181 e. The van der Waals surface area contributed by atoms with Crippen molar-refractivity contribution in [2.24, 2.45) is 0 Å². The summed E-state index contributed by atoms with van der Waals surface area (Å²) in [5.74, 6) is 0. The van der Waals surface area contributed by atoms with Gasteiger partial charge in [0.1, 0.15) is 0 Å². The predicted molar refractivity (Wildman–Crippen MR) is 65.9 cm³/mol. The molecule has 0 aliphatic rings. The highest BCUT2D eigenvalue weighted by atomic mass is 79.9. The van der Waals surface area contributed by atoms with Gasteiger partial charge in [-0.15, -0.1) is 0 Å². The lowest BCUT2D eigenvalue weighted by atomic mass is 10.0. The van der Waals surface area contributed by atoms with Crippen LogP contribution in [0.4, 0.5) is 4.39 Å². The third kappa shape index (κ3) is 3.92. The van der Waals surface area contributed by atoms with Crippen LogP contribution in [0.1, 0.15) is 32.4 Å². The minimum Gasteiger partial charge on any atom is -0.304 e. The Morgan fingerprint density at radius 3 is 2.20 bits per heavy atom. The Morgan fingerprint density at radius 2 is 1.80 bits per heavy atom. The number of halogens is 2. The number of hydrogen-bond acceptors (Lipinski definition) is 1. The van der Waals surface area contributed by atoms with E-state index in [0.29, 0.717) is 0 Å². The van der Waals surface area contributed by atoms with E-state index in [1.807, 2.05) is 44.2 Å². The molecule has 1 nitrogen and oxygen atoms in total. The number of hydrogen-bond donors (Lipinski definition) is 1. The summed E-state index contributed by atoms with van der Waals surface area (Å²) in [7, 11) is 0. The quantitative estimate of drug-likeness (QED) is 0.823. The van der Waals surface area contributed by atoms with Gasteiger partial charge in [-0.2, -0.15) is 0 Å². The molecule has 0 fully saturated rings. The SMILES string of the molecule is CC(C)NC(c1ccccc1)C(C)(F)Br. The van der Waals surface area contributed by atoms with Gasteiger partial charge < -0.3 is 5.32 Å². The summed E-state index contributed by atoms with van der Waals surface area (Å²) >= 11 is 3.08. The zero-order valence-electron chi connectivity index (χ0n) is 9.30. The molecule has 0 heterocycles. The van der Waals surface area contributed by atoms with Gasteiger partial charge in [-0.3, -0.25) is 0 Å². The van der Waals surface area contributed by atoms with Crippen LogP contribution >= 0.6 is 15.9 Å². The van der Waals surface area contributed by atoms with E-state index in [1.165, 1.54) is 6.92 Å². The second-order valence-electron chi connectivity index (χ2n) is 4.12. The van der Waals surface area contributed by atoms with E-state index in [4.69, 9.17) is 0 Å². The van der Waals surface area contributed by atoms with Gasteiger partial charge in [0.05, 0.1) is 6.04 Å². The van der Waals surface area contributed by atoms with Gasteiger partial charge >= 0.3 is 0 Å². The molecule has 1 aromatic carbocycles. The molecule has 1 N–H and O–H groups in total. The molecule has 0 aliphatic carbocycles. The van der Waals surface area contributed by atoms with Gasteiger partial charge in [-0.05, 0) is 28.4 Å². The molecule has 0 aromatic heterocycles. The van der Waals surface area contributed by atoms with Crippen LogP contribution in [-0.4, -0.2) is 10.6 Å². The Labute approximate surface area is 99.2 Å². The van der Waals surface area contributed by atoms with E-state index >= 15 is 0 Å². The Morgan fingerprint density at radius 1 is 1.27 bits per heavy atom. The zero-order chi connectivity index (χ0) is 11.5. The molecule has 0 saturated heterocycles. The summed E-state index contributed by atoms with van der Waals surface area (Å²) in [4.78, 5) is 0. The molecule has 1 aromatic rings. The second kappa shape index (κ2) is 5.08. The molecular weight excluding hydrogens is 257 g/mol. The first-order valence-corrected chi connectivity index (χ1v) is 5.89. The summed E-state index contributed by atoms with van der Waals surface area (Å²) < 4.78 is 12.5. The lowest BCUT2D eigenvalue weighted by Gasteiger charge is -2.28. The van der Waals surface area contributed by atoms with E-state index in [1.54, 1.807) is 0 Å². The van der Waals surface area contributed by atoms with Crippen LogP contribution in [0, 0.1) is 0 Å². The smallest absolute Gasteiger partial charge is 0.181 e. The van der Waals surface area contributed by atoms with E-state index in [0.717, 1.165) is 5.56 Å². The largest absolute Gasteiger partial charge is 0.304 e. The second-order valence-corrected chi connectivity index (χ2v) is 5.67. The predicted octanol–water partition coefficient (Wildman–Crippen LogP) is 3.81. The fourth-order valence-corrected chi connectivity index (χ4v) is 1.91. The van der Waals surface area contributed by atoms with Crippen LogP contribution < -0.4 is 5.32 Å². The van der Waals surface area contributed by atoms with Crippen molar-refractivity contribution in [3.63, 3.8) is 0 Å². The van der Waals surface area contributed by atoms with Crippen LogP contribution in [0.25, 0.3) is 0 Å². The van der Waals surface area contributed by atoms with E-state index in [9.17, 15) is 4.39 Å². The van der Waals surface area contributed by atoms with Crippen LogP contribution in [0.5, 0.6) is 0 Å². The number of rotatable bonds is 4. The molecule has 1 rings (SSSR count). The van der Waals surface area contributed by atoms with Crippen molar-refractivity contribution in [1.82, 2.24) is 5.32 Å². The standard InChI is InChI=1S/C12H17BrFN/c1-9(2)15-11(12(3,13)14)10-7-5-4-6-8-10/h4-9,11,15H,1-3H3. The zero-order valence-corrected chi connectivity index (χ0v) is 10.9. The van der Waals surface area contributed by atoms with Gasteiger partial charge in [0, 0.05) is 6.04 Å². The van der Waals surface area contributed by atoms with E-state index in [2.05, 4.69) is 21.2 Å². The molecule has 0 radical (unpaired) electrons. The van der Waals surface area contributed by atoms with Crippen LogP contribution in [0.15, 0.2) is 30.3 Å². The topological polar surface area (TPSA) is 12.0 Å². The molecule has 15 heavy (non-hydrogen) atoms. The van der Waals surface area contributed by atoms with Gasteiger partial charge in [0.15, 0.2) is 4.58 Å². The van der Waals surface area contributed by atoms with Gasteiger partial charge in [0.2, 0.25) is 0 Å². The third-order valence-corrected chi connectivity index (χ3v) is 2.60. The van der Waals surface area contributed by atoms with Crippen molar-refractivity contribution >= 4 is 15.9 Å². The van der Waals surface area contributed by atoms with Crippen molar-refractivity contribution in [3.05, 3.63) is 35.9 Å². The molecular formula is C12H17BrFN. The third-order valence-electron chi connectivity index (χ3n) is 2.14. The molecule has 2 unspecified atom stereocenters. The summed E-state index contributed by atoms with van der Waals surface area (Å²) in [6, 6.07) is 9.53. The van der Waals surface area contributed by atoms with Crippen LogP contribution in [0.3, 0.4) is 0 Å². The summed E-state index contributed by atoms with van der Waals surface area (Å²) in [6.07, 6.45) is 0. The summed E-state index contributed by atoms with van der Waals surface area (Å²) in [5.41, 5.74) is 0.952. The molecule has 0 saturated carbocycles. The van der Waals surface area contributed by atoms with E-state index in [-0.39, 0.29) is 12.1 Å². The fourth-order valence-electron chi connectivity index (χ4n) is 1.51. The average Bonchev–Trinajstić information content (AvgIpc) is 2.14. The Balaban J connectivity index is 2.92. The van der Waals surface area contributed by atoms with Gasteiger partial charge in [-0.1, -0.05) is 44.2 Å². The number of benzene rings is 1.